The maximum absolute atomic E-state index is 13.1. The van der Waals surface area contributed by atoms with E-state index < -0.39 is 5.91 Å². The normalized spacial score (nSPS) is 11.0. The third kappa shape index (κ3) is 8.48. The molecular weight excluding hydrogens is 553 g/mol. The van der Waals surface area contributed by atoms with Gasteiger partial charge in [0.25, 0.3) is 11.8 Å². The average molecular weight is 577 g/mol. The van der Waals surface area contributed by atoms with Crippen LogP contribution in [0, 0.1) is 0 Å². The van der Waals surface area contributed by atoms with Crippen molar-refractivity contribution in [3.8, 4) is 0 Å². The highest BCUT2D eigenvalue weighted by molar-refractivity contribution is 8.00. The van der Waals surface area contributed by atoms with Gasteiger partial charge in [-0.1, -0.05) is 71.7 Å². The molecule has 0 saturated carbocycles. The van der Waals surface area contributed by atoms with Crippen LogP contribution < -0.4 is 16.0 Å². The Morgan fingerprint density at radius 1 is 0.718 bits per heavy atom. The van der Waals surface area contributed by atoms with Gasteiger partial charge >= 0.3 is 0 Å². The number of anilines is 2. The highest BCUT2D eigenvalue weighted by atomic mass is 35.5. The van der Waals surface area contributed by atoms with Crippen molar-refractivity contribution in [1.29, 1.82) is 0 Å². The van der Waals surface area contributed by atoms with E-state index in [1.165, 1.54) is 11.8 Å². The predicted molar refractivity (Wildman–Crippen MR) is 159 cm³/mol. The highest BCUT2D eigenvalue weighted by Crippen LogP contribution is 2.26. The highest BCUT2D eigenvalue weighted by Gasteiger charge is 2.15. The molecule has 6 nitrogen and oxygen atoms in total. The lowest BCUT2D eigenvalue weighted by molar-refractivity contribution is -0.114. The van der Waals surface area contributed by atoms with Gasteiger partial charge in [0.15, 0.2) is 0 Å². The zero-order valence-electron chi connectivity index (χ0n) is 20.5. The molecule has 0 atom stereocenters. The first-order chi connectivity index (χ1) is 18.9. The second-order valence-electron chi connectivity index (χ2n) is 8.23. The minimum Gasteiger partial charge on any atom is -0.325 e. The van der Waals surface area contributed by atoms with Gasteiger partial charge in [-0.15, -0.1) is 11.8 Å². The van der Waals surface area contributed by atoms with Crippen LogP contribution in [0.1, 0.15) is 15.9 Å². The molecule has 4 rings (SSSR count). The number of thioether (sulfide) groups is 1. The zero-order valence-corrected chi connectivity index (χ0v) is 22.8. The molecule has 4 aromatic rings. The van der Waals surface area contributed by atoms with Gasteiger partial charge < -0.3 is 16.0 Å². The van der Waals surface area contributed by atoms with Gasteiger partial charge in [0.2, 0.25) is 5.91 Å². The van der Waals surface area contributed by atoms with Crippen molar-refractivity contribution in [2.45, 2.75) is 4.90 Å². The Bertz CT molecular complexity index is 1500. The zero-order chi connectivity index (χ0) is 27.6. The second kappa shape index (κ2) is 13.7. The van der Waals surface area contributed by atoms with Crippen molar-refractivity contribution in [3.05, 3.63) is 130 Å². The third-order valence-corrected chi connectivity index (χ3v) is 7.08. The molecular formula is C30H23Cl2N3O3S. The van der Waals surface area contributed by atoms with E-state index in [-0.39, 0.29) is 23.3 Å². The first-order valence-corrected chi connectivity index (χ1v) is 13.5. The topological polar surface area (TPSA) is 87.3 Å². The number of amides is 3. The quantitative estimate of drug-likeness (QED) is 0.146. The predicted octanol–water partition coefficient (Wildman–Crippen LogP) is 7.13. The molecule has 0 aliphatic rings. The molecule has 3 N–H and O–H groups in total. The van der Waals surface area contributed by atoms with Gasteiger partial charge in [-0.2, -0.15) is 0 Å². The summed E-state index contributed by atoms with van der Waals surface area (Å²) in [6.45, 7) is 0. The van der Waals surface area contributed by atoms with E-state index in [0.29, 0.717) is 27.0 Å². The van der Waals surface area contributed by atoms with Crippen LogP contribution >= 0.6 is 35.0 Å². The van der Waals surface area contributed by atoms with Crippen molar-refractivity contribution >= 4 is 70.1 Å². The molecule has 0 radical (unpaired) electrons. The van der Waals surface area contributed by atoms with Crippen molar-refractivity contribution in [3.63, 3.8) is 0 Å². The average Bonchev–Trinajstić information content (AvgIpc) is 2.95. The van der Waals surface area contributed by atoms with Crippen LogP contribution in [-0.4, -0.2) is 23.5 Å². The van der Waals surface area contributed by atoms with E-state index in [1.807, 2.05) is 36.4 Å². The summed E-state index contributed by atoms with van der Waals surface area (Å²) in [5.41, 5.74) is 2.41. The third-order valence-electron chi connectivity index (χ3n) is 5.32. The molecule has 0 aliphatic carbocycles. The van der Waals surface area contributed by atoms with E-state index in [1.54, 1.807) is 72.8 Å². The number of carbonyl (C=O) groups is 3. The summed E-state index contributed by atoms with van der Waals surface area (Å²) in [5.74, 6) is -0.870. The van der Waals surface area contributed by atoms with Gasteiger partial charge in [0.05, 0.1) is 15.8 Å². The summed E-state index contributed by atoms with van der Waals surface area (Å²) in [5, 5.41) is 9.09. The van der Waals surface area contributed by atoms with Crippen molar-refractivity contribution in [2.24, 2.45) is 0 Å². The largest absolute Gasteiger partial charge is 0.325 e. The first kappa shape index (κ1) is 28.0. The number of carbonyl (C=O) groups excluding carboxylic acids is 3. The maximum Gasteiger partial charge on any atom is 0.272 e. The fourth-order valence-electron chi connectivity index (χ4n) is 3.41. The minimum absolute atomic E-state index is 0.104. The van der Waals surface area contributed by atoms with E-state index in [2.05, 4.69) is 16.0 Å². The van der Waals surface area contributed by atoms with Crippen LogP contribution in [0.4, 0.5) is 11.4 Å². The fourth-order valence-corrected chi connectivity index (χ4v) is 4.41. The van der Waals surface area contributed by atoms with Gasteiger partial charge in [0.1, 0.15) is 5.70 Å². The van der Waals surface area contributed by atoms with E-state index >= 15 is 0 Å². The molecule has 39 heavy (non-hydrogen) atoms. The molecule has 0 bridgehead atoms. The maximum atomic E-state index is 13.1. The van der Waals surface area contributed by atoms with Gasteiger partial charge in [-0.05, 0) is 66.2 Å². The van der Waals surface area contributed by atoms with Gasteiger partial charge in [0, 0.05) is 21.8 Å². The Labute approximate surface area is 240 Å². The molecule has 3 amide bonds. The van der Waals surface area contributed by atoms with E-state index in [9.17, 15) is 14.4 Å². The smallest absolute Gasteiger partial charge is 0.272 e. The first-order valence-electron chi connectivity index (χ1n) is 11.8. The van der Waals surface area contributed by atoms with Crippen LogP contribution in [0.25, 0.3) is 6.08 Å². The summed E-state index contributed by atoms with van der Waals surface area (Å²) in [6.07, 6.45) is 1.62. The number of rotatable bonds is 9. The number of hydrogen-bond donors (Lipinski definition) is 3. The molecule has 0 aliphatic heterocycles. The second-order valence-corrected chi connectivity index (χ2v) is 10.1. The molecule has 4 aromatic carbocycles. The van der Waals surface area contributed by atoms with Crippen LogP contribution in [0.5, 0.6) is 0 Å². The SMILES string of the molecule is O=C(CSc1ccc(NC(=O)/C(=C/c2ccccc2)NC(=O)c2ccccc2)cc1)Nc1ccc(Cl)c(Cl)c1. The lowest BCUT2D eigenvalue weighted by Crippen LogP contribution is -2.30. The summed E-state index contributed by atoms with van der Waals surface area (Å²) in [6, 6.07) is 29.9. The number of benzene rings is 4. The Kier molecular flexibility index (Phi) is 9.80. The van der Waals surface area contributed by atoms with Crippen LogP contribution in [0.2, 0.25) is 10.0 Å². The minimum atomic E-state index is -0.468. The molecule has 196 valence electrons. The van der Waals surface area contributed by atoms with Crippen molar-refractivity contribution in [1.82, 2.24) is 5.32 Å². The molecule has 0 aromatic heterocycles. The monoisotopic (exact) mass is 575 g/mol. The van der Waals surface area contributed by atoms with E-state index in [0.717, 1.165) is 10.5 Å². The summed E-state index contributed by atoms with van der Waals surface area (Å²) in [4.78, 5) is 39.0. The lowest BCUT2D eigenvalue weighted by atomic mass is 10.1. The Balaban J connectivity index is 1.38. The molecule has 0 unspecified atom stereocenters. The Morgan fingerprint density at radius 2 is 1.36 bits per heavy atom. The number of nitrogens with one attached hydrogen (secondary N) is 3. The van der Waals surface area contributed by atoms with Gasteiger partial charge in [-0.3, -0.25) is 14.4 Å². The standard InChI is InChI=1S/C30H23Cl2N3O3S/c31-25-16-13-23(18-26(25)32)33-28(36)19-39-24-14-11-22(12-15-24)34-30(38)27(17-20-7-3-1-4-8-20)35-29(37)21-9-5-2-6-10-21/h1-18H,19H2,(H,33,36)(H,34,38)(H,35,37)/b27-17-. The molecule has 0 spiro atoms. The Morgan fingerprint density at radius 3 is 2.03 bits per heavy atom. The molecule has 0 fully saturated rings. The molecule has 9 heteroatoms. The van der Waals surface area contributed by atoms with Crippen LogP contribution in [0.3, 0.4) is 0 Å². The summed E-state index contributed by atoms with van der Waals surface area (Å²) in [7, 11) is 0. The molecule has 0 saturated heterocycles. The van der Waals surface area contributed by atoms with Crippen molar-refractivity contribution in [2.75, 3.05) is 16.4 Å². The fraction of sp³-hybridized carbons (Fsp3) is 0.0333. The van der Waals surface area contributed by atoms with E-state index in [4.69, 9.17) is 23.2 Å². The summed E-state index contributed by atoms with van der Waals surface area (Å²) < 4.78 is 0. The summed E-state index contributed by atoms with van der Waals surface area (Å²) >= 11 is 13.2. The van der Waals surface area contributed by atoms with Crippen molar-refractivity contribution < 1.29 is 14.4 Å². The number of halogens is 2. The van der Waals surface area contributed by atoms with Crippen LogP contribution in [-0.2, 0) is 9.59 Å². The Hall–Kier alpha value is -4.04. The lowest BCUT2D eigenvalue weighted by Gasteiger charge is -2.12. The molecule has 0 heterocycles. The van der Waals surface area contributed by atoms with Crippen LogP contribution in [0.15, 0.2) is 114 Å². The number of hydrogen-bond acceptors (Lipinski definition) is 4. The van der Waals surface area contributed by atoms with Gasteiger partial charge in [-0.25, -0.2) is 0 Å².